The highest BCUT2D eigenvalue weighted by Crippen LogP contribution is 2.38. The summed E-state index contributed by atoms with van der Waals surface area (Å²) in [6.07, 6.45) is 6.53. The zero-order valence-electron chi connectivity index (χ0n) is 19.0. The van der Waals surface area contributed by atoms with Crippen molar-refractivity contribution in [1.82, 2.24) is 15.3 Å². The molecule has 0 unspecified atom stereocenters. The van der Waals surface area contributed by atoms with Gasteiger partial charge < -0.3 is 15.8 Å². The Hall–Kier alpha value is -2.63. The quantitative estimate of drug-likeness (QED) is 0.617. The van der Waals surface area contributed by atoms with Crippen LogP contribution in [0.15, 0.2) is 42.6 Å². The number of pyridine rings is 2. The van der Waals surface area contributed by atoms with Gasteiger partial charge >= 0.3 is 0 Å². The van der Waals surface area contributed by atoms with Gasteiger partial charge in [0.25, 0.3) is 0 Å². The third kappa shape index (κ3) is 4.32. The first-order chi connectivity index (χ1) is 15.6. The lowest BCUT2D eigenvalue weighted by Gasteiger charge is -2.27. The van der Waals surface area contributed by atoms with Gasteiger partial charge in [-0.2, -0.15) is 0 Å². The number of nitrogens with two attached hydrogens (primary N) is 1. The maximum absolute atomic E-state index is 6.30. The van der Waals surface area contributed by atoms with Crippen LogP contribution < -0.4 is 22.2 Å². The standard InChI is InChI=1S/C25H30B2N4O/c26-23-12-17(13-24(27)31-23)20-11-18(14-30-25(20)28)16-3-4-19(15-5-8-32-9-6-15)21(10-16)22-2-1-7-29-22/h3-4,10-15,22,29H,1-2,5-9,26-27H2,(H2,28,30)/t22-/m0/s1. The lowest BCUT2D eigenvalue weighted by molar-refractivity contribution is 0.0851. The van der Waals surface area contributed by atoms with E-state index in [1.54, 1.807) is 0 Å². The van der Waals surface area contributed by atoms with Gasteiger partial charge in [0.2, 0.25) is 0 Å². The van der Waals surface area contributed by atoms with Crippen LogP contribution in [0.3, 0.4) is 0 Å². The van der Waals surface area contributed by atoms with Gasteiger partial charge in [-0.1, -0.05) is 12.1 Å². The Labute approximate surface area is 192 Å². The molecule has 0 aliphatic carbocycles. The molecular weight excluding hydrogens is 394 g/mol. The molecule has 0 spiro atoms. The number of hydrogen-bond acceptors (Lipinski definition) is 5. The average molecular weight is 424 g/mol. The monoisotopic (exact) mass is 424 g/mol. The van der Waals surface area contributed by atoms with E-state index in [1.807, 2.05) is 21.9 Å². The fraction of sp³-hybridized carbons (Fsp3) is 0.360. The van der Waals surface area contributed by atoms with Crippen molar-refractivity contribution in [3.63, 3.8) is 0 Å². The first kappa shape index (κ1) is 21.2. The second kappa shape index (κ2) is 9.08. The Morgan fingerprint density at radius 3 is 2.41 bits per heavy atom. The van der Waals surface area contributed by atoms with E-state index in [9.17, 15) is 0 Å². The fourth-order valence-electron chi connectivity index (χ4n) is 5.24. The van der Waals surface area contributed by atoms with Crippen LogP contribution in [0.4, 0.5) is 5.82 Å². The molecule has 3 aromatic rings. The molecular formula is C25H30B2N4O. The van der Waals surface area contributed by atoms with E-state index >= 15 is 0 Å². The van der Waals surface area contributed by atoms with Crippen molar-refractivity contribution < 1.29 is 4.74 Å². The fourth-order valence-corrected chi connectivity index (χ4v) is 5.24. The molecule has 0 bridgehead atoms. The maximum atomic E-state index is 6.30. The molecule has 2 aliphatic heterocycles. The summed E-state index contributed by atoms with van der Waals surface area (Å²) in [7, 11) is 4.03. The van der Waals surface area contributed by atoms with Crippen molar-refractivity contribution in [2.24, 2.45) is 0 Å². The third-order valence-corrected chi connectivity index (χ3v) is 6.83. The molecule has 2 aliphatic rings. The Balaban J connectivity index is 1.56. The maximum Gasteiger partial charge on any atom is 0.163 e. The summed E-state index contributed by atoms with van der Waals surface area (Å²) in [6.45, 7) is 2.82. The summed E-state index contributed by atoms with van der Waals surface area (Å²) >= 11 is 0. The highest BCUT2D eigenvalue weighted by molar-refractivity contribution is 6.35. The van der Waals surface area contributed by atoms with Gasteiger partial charge in [0.1, 0.15) is 5.82 Å². The zero-order valence-corrected chi connectivity index (χ0v) is 19.0. The SMILES string of the molecule is Bc1cc(-c2cc(-c3ccc(C4CCOCC4)c([C@@H]4CCCN4)c3)cnc2N)cc(B)n1. The van der Waals surface area contributed by atoms with Crippen molar-refractivity contribution in [2.75, 3.05) is 25.5 Å². The number of aromatic nitrogens is 2. The van der Waals surface area contributed by atoms with Gasteiger partial charge in [-0.25, -0.2) is 4.98 Å². The van der Waals surface area contributed by atoms with Crippen LogP contribution in [-0.2, 0) is 4.74 Å². The van der Waals surface area contributed by atoms with E-state index in [2.05, 4.69) is 51.7 Å². The minimum absolute atomic E-state index is 0.430. The molecule has 7 heteroatoms. The topological polar surface area (TPSA) is 73.1 Å². The molecule has 1 aromatic carbocycles. The molecule has 0 amide bonds. The molecule has 2 saturated heterocycles. The molecule has 4 heterocycles. The summed E-state index contributed by atoms with van der Waals surface area (Å²) in [5, 5.41) is 3.72. The van der Waals surface area contributed by atoms with Gasteiger partial charge in [-0.3, -0.25) is 4.98 Å². The zero-order chi connectivity index (χ0) is 22.1. The Morgan fingerprint density at radius 1 is 0.906 bits per heavy atom. The smallest absolute Gasteiger partial charge is 0.163 e. The number of nitrogens with one attached hydrogen (secondary N) is 1. The molecule has 1 atom stereocenters. The number of ether oxygens (including phenoxy) is 1. The van der Waals surface area contributed by atoms with Crippen LogP contribution in [-0.4, -0.2) is 45.4 Å². The van der Waals surface area contributed by atoms with Gasteiger partial charge in [0.15, 0.2) is 15.7 Å². The van der Waals surface area contributed by atoms with Crippen LogP contribution in [0.2, 0.25) is 0 Å². The van der Waals surface area contributed by atoms with E-state index in [0.29, 0.717) is 17.8 Å². The van der Waals surface area contributed by atoms with Gasteiger partial charge in [0, 0.05) is 36.6 Å². The number of nitrogens with zero attached hydrogens (tertiary/aromatic N) is 2. The lowest BCUT2D eigenvalue weighted by Crippen LogP contribution is -2.20. The number of hydrogen-bond donors (Lipinski definition) is 2. The molecule has 0 radical (unpaired) electrons. The van der Waals surface area contributed by atoms with E-state index in [4.69, 9.17) is 10.5 Å². The summed E-state index contributed by atoms with van der Waals surface area (Å²) < 4.78 is 5.62. The van der Waals surface area contributed by atoms with Gasteiger partial charge in [-0.05, 0) is 95.9 Å². The molecule has 0 saturated carbocycles. The summed E-state index contributed by atoms with van der Waals surface area (Å²) in [5.74, 6) is 1.13. The normalized spacial score (nSPS) is 19.3. The first-order valence-electron chi connectivity index (χ1n) is 11.7. The Bertz CT molecular complexity index is 1100. The lowest BCUT2D eigenvalue weighted by atomic mass is 9.84. The van der Waals surface area contributed by atoms with Crippen molar-refractivity contribution in [3.8, 4) is 22.3 Å². The Kier molecular flexibility index (Phi) is 6.03. The average Bonchev–Trinajstić information content (AvgIpc) is 3.34. The molecule has 2 aromatic heterocycles. The Morgan fingerprint density at radius 2 is 1.69 bits per heavy atom. The van der Waals surface area contributed by atoms with Crippen molar-refractivity contribution >= 4 is 32.7 Å². The summed E-state index contributed by atoms with van der Waals surface area (Å²) in [4.78, 5) is 9.06. The second-order valence-corrected chi connectivity index (χ2v) is 9.17. The number of anilines is 1. The molecule has 5 rings (SSSR count). The minimum atomic E-state index is 0.430. The second-order valence-electron chi connectivity index (χ2n) is 9.17. The number of nitrogen functional groups attached to an aromatic ring is 1. The highest BCUT2D eigenvalue weighted by Gasteiger charge is 2.25. The van der Waals surface area contributed by atoms with Crippen LogP contribution in [0.5, 0.6) is 0 Å². The van der Waals surface area contributed by atoms with Crippen molar-refractivity contribution in [2.45, 2.75) is 37.6 Å². The molecule has 162 valence electrons. The molecule has 3 N–H and O–H groups in total. The van der Waals surface area contributed by atoms with Crippen LogP contribution in [0, 0.1) is 0 Å². The molecule has 2 fully saturated rings. The molecule has 5 nitrogen and oxygen atoms in total. The van der Waals surface area contributed by atoms with Crippen LogP contribution in [0.25, 0.3) is 22.3 Å². The van der Waals surface area contributed by atoms with Crippen LogP contribution in [0.1, 0.15) is 48.8 Å². The number of rotatable bonds is 4. The van der Waals surface area contributed by atoms with Crippen molar-refractivity contribution in [1.29, 1.82) is 0 Å². The van der Waals surface area contributed by atoms with E-state index in [0.717, 1.165) is 60.5 Å². The predicted octanol–water partition coefficient (Wildman–Crippen LogP) is 1.23. The van der Waals surface area contributed by atoms with Gasteiger partial charge in [-0.15, -0.1) is 0 Å². The number of benzene rings is 1. The predicted molar refractivity (Wildman–Crippen MR) is 136 cm³/mol. The molecule has 32 heavy (non-hydrogen) atoms. The van der Waals surface area contributed by atoms with E-state index < -0.39 is 0 Å². The van der Waals surface area contributed by atoms with Gasteiger partial charge in [0.05, 0.1) is 0 Å². The summed E-state index contributed by atoms with van der Waals surface area (Å²) in [6, 6.07) is 13.7. The highest BCUT2D eigenvalue weighted by atomic mass is 16.5. The third-order valence-electron chi connectivity index (χ3n) is 6.83. The van der Waals surface area contributed by atoms with E-state index in [-0.39, 0.29) is 0 Å². The van der Waals surface area contributed by atoms with E-state index in [1.165, 1.54) is 29.5 Å². The minimum Gasteiger partial charge on any atom is -0.383 e. The first-order valence-corrected chi connectivity index (χ1v) is 11.7. The van der Waals surface area contributed by atoms with Crippen LogP contribution >= 0.6 is 0 Å². The summed E-state index contributed by atoms with van der Waals surface area (Å²) in [5.41, 5.74) is 15.5. The largest absolute Gasteiger partial charge is 0.383 e. The van der Waals surface area contributed by atoms with Crippen molar-refractivity contribution in [3.05, 3.63) is 53.7 Å².